The minimum absolute atomic E-state index is 0.0772. The molecule has 2 heterocycles. The summed E-state index contributed by atoms with van der Waals surface area (Å²) in [6.07, 6.45) is 3.11. The van der Waals surface area contributed by atoms with Crippen molar-refractivity contribution < 1.29 is 13.2 Å². The molecule has 144 valence electrons. The molecule has 0 unspecified atom stereocenters. The normalized spacial score (nSPS) is 14.9. The molecule has 27 heavy (non-hydrogen) atoms. The van der Waals surface area contributed by atoms with E-state index < -0.39 is 10.0 Å². The molecule has 0 radical (unpaired) electrons. The lowest BCUT2D eigenvalue weighted by Crippen LogP contribution is -2.31. The summed E-state index contributed by atoms with van der Waals surface area (Å²) in [5.74, 6) is 0.303. The maximum atomic E-state index is 12.5. The summed E-state index contributed by atoms with van der Waals surface area (Å²) in [6, 6.07) is 9.97. The number of anilines is 2. The number of halogens is 1. The van der Waals surface area contributed by atoms with Gasteiger partial charge in [0.2, 0.25) is 15.9 Å². The van der Waals surface area contributed by atoms with Gasteiger partial charge in [-0.25, -0.2) is 13.4 Å². The van der Waals surface area contributed by atoms with Crippen LogP contribution in [0.1, 0.15) is 12.8 Å². The van der Waals surface area contributed by atoms with Gasteiger partial charge in [-0.1, -0.05) is 11.6 Å². The molecular weight excluding hydrogens is 388 g/mol. The molecule has 1 saturated heterocycles. The van der Waals surface area contributed by atoms with Gasteiger partial charge in [-0.2, -0.15) is 4.31 Å². The van der Waals surface area contributed by atoms with Gasteiger partial charge in [0, 0.05) is 37.0 Å². The second kappa shape index (κ2) is 8.24. The number of nitrogens with zero attached hydrogens (tertiary/aromatic N) is 3. The van der Waals surface area contributed by atoms with Gasteiger partial charge in [0.1, 0.15) is 10.7 Å². The summed E-state index contributed by atoms with van der Waals surface area (Å²) in [4.78, 5) is 18.2. The van der Waals surface area contributed by atoms with Gasteiger partial charge in [0.15, 0.2) is 0 Å². The van der Waals surface area contributed by atoms with Crippen LogP contribution in [0.15, 0.2) is 47.5 Å². The highest BCUT2D eigenvalue weighted by Crippen LogP contribution is 2.21. The van der Waals surface area contributed by atoms with Crippen molar-refractivity contribution in [3.63, 3.8) is 0 Å². The maximum absolute atomic E-state index is 12.5. The Morgan fingerprint density at radius 2 is 1.85 bits per heavy atom. The zero-order valence-corrected chi connectivity index (χ0v) is 16.5. The molecule has 1 aromatic heterocycles. The first-order chi connectivity index (χ1) is 12.9. The molecule has 7 nitrogen and oxygen atoms in total. The first-order valence-corrected chi connectivity index (χ1v) is 10.4. The number of sulfonamides is 1. The molecular formula is C18H21ClN4O3S. The molecule has 0 aliphatic carbocycles. The van der Waals surface area contributed by atoms with Crippen molar-refractivity contribution in [3.05, 3.63) is 47.6 Å². The fourth-order valence-electron chi connectivity index (χ4n) is 2.86. The number of rotatable bonds is 6. The van der Waals surface area contributed by atoms with E-state index in [4.69, 9.17) is 11.6 Å². The minimum Gasteiger partial charge on any atom is -0.350 e. The third kappa shape index (κ3) is 4.77. The number of nitrogens with one attached hydrogen (secondary N) is 1. The molecule has 1 aliphatic rings. The van der Waals surface area contributed by atoms with Crippen LogP contribution in [0, 0.1) is 0 Å². The Bertz CT molecular complexity index is 895. The predicted octanol–water partition coefficient (Wildman–Crippen LogP) is 2.59. The number of aromatic nitrogens is 1. The number of pyridine rings is 1. The van der Waals surface area contributed by atoms with Gasteiger partial charge in [0.25, 0.3) is 0 Å². The molecule has 1 N–H and O–H groups in total. The van der Waals surface area contributed by atoms with Gasteiger partial charge in [0.05, 0.1) is 6.54 Å². The van der Waals surface area contributed by atoms with Crippen molar-refractivity contribution in [3.8, 4) is 0 Å². The smallest absolute Gasteiger partial charge is 0.244 e. The highest BCUT2D eigenvalue weighted by molar-refractivity contribution is 7.89. The Hall–Kier alpha value is -2.16. The van der Waals surface area contributed by atoms with Crippen molar-refractivity contribution in [1.29, 1.82) is 0 Å². The highest BCUT2D eigenvalue weighted by atomic mass is 35.5. The van der Waals surface area contributed by atoms with E-state index in [2.05, 4.69) is 10.3 Å². The Kier molecular flexibility index (Phi) is 5.98. The zero-order chi connectivity index (χ0) is 19.4. The van der Waals surface area contributed by atoms with E-state index in [1.807, 2.05) is 0 Å². The quantitative estimate of drug-likeness (QED) is 0.794. The van der Waals surface area contributed by atoms with Crippen molar-refractivity contribution in [2.24, 2.45) is 0 Å². The third-order valence-corrected chi connectivity index (χ3v) is 6.46. The first kappa shape index (κ1) is 19.6. The minimum atomic E-state index is -3.49. The Morgan fingerprint density at radius 3 is 2.44 bits per heavy atom. The van der Waals surface area contributed by atoms with Gasteiger partial charge >= 0.3 is 0 Å². The van der Waals surface area contributed by atoms with E-state index in [1.165, 1.54) is 16.6 Å². The van der Waals surface area contributed by atoms with Crippen LogP contribution in [0.25, 0.3) is 0 Å². The van der Waals surface area contributed by atoms with Crippen LogP contribution in [0.5, 0.6) is 0 Å². The predicted molar refractivity (Wildman–Crippen MR) is 106 cm³/mol. The van der Waals surface area contributed by atoms with Crippen molar-refractivity contribution in [1.82, 2.24) is 9.29 Å². The summed E-state index contributed by atoms with van der Waals surface area (Å²) in [7, 11) is -1.77. The monoisotopic (exact) mass is 408 g/mol. The molecule has 2 aromatic rings. The van der Waals surface area contributed by atoms with Crippen molar-refractivity contribution in [2.45, 2.75) is 17.7 Å². The second-order valence-electron chi connectivity index (χ2n) is 6.37. The van der Waals surface area contributed by atoms with Gasteiger partial charge in [-0.15, -0.1) is 0 Å². The van der Waals surface area contributed by atoms with E-state index in [0.29, 0.717) is 29.6 Å². The highest BCUT2D eigenvalue weighted by Gasteiger charge is 2.27. The molecule has 1 aromatic carbocycles. The van der Waals surface area contributed by atoms with E-state index in [1.54, 1.807) is 42.3 Å². The lowest BCUT2D eigenvalue weighted by Gasteiger charge is -2.19. The van der Waals surface area contributed by atoms with E-state index >= 15 is 0 Å². The van der Waals surface area contributed by atoms with Crippen molar-refractivity contribution >= 4 is 39.0 Å². The molecule has 0 spiro atoms. The van der Waals surface area contributed by atoms with Crippen LogP contribution in [0.4, 0.5) is 11.5 Å². The number of benzene rings is 1. The number of carbonyl (C=O) groups is 1. The van der Waals surface area contributed by atoms with Gasteiger partial charge in [-0.3, -0.25) is 4.79 Å². The summed E-state index contributed by atoms with van der Waals surface area (Å²) in [5.41, 5.74) is 0.651. The Labute approximate surface area is 164 Å². The third-order valence-electron chi connectivity index (χ3n) is 4.32. The molecule has 0 bridgehead atoms. The molecule has 1 fully saturated rings. The van der Waals surface area contributed by atoms with Crippen LogP contribution in [0.2, 0.25) is 5.02 Å². The average molecular weight is 409 g/mol. The van der Waals surface area contributed by atoms with Crippen molar-refractivity contribution in [2.75, 3.05) is 36.9 Å². The van der Waals surface area contributed by atoms with E-state index in [9.17, 15) is 13.2 Å². The number of hydrogen-bond donors (Lipinski definition) is 1. The molecule has 1 aliphatic heterocycles. The van der Waals surface area contributed by atoms with E-state index in [-0.39, 0.29) is 17.3 Å². The summed E-state index contributed by atoms with van der Waals surface area (Å²) >= 11 is 5.82. The number of carbonyl (C=O) groups excluding carboxylic acids is 1. The zero-order valence-electron chi connectivity index (χ0n) is 14.9. The molecule has 0 saturated carbocycles. The van der Waals surface area contributed by atoms with E-state index in [0.717, 1.165) is 12.8 Å². The average Bonchev–Trinajstić information content (AvgIpc) is 3.19. The SMILES string of the molecule is CN(CC(=O)Nc1ccc(Cl)cc1)c1ccc(S(=O)(=O)N2CCCC2)cn1. The topological polar surface area (TPSA) is 82.6 Å². The van der Waals surface area contributed by atoms with Gasteiger partial charge < -0.3 is 10.2 Å². The summed E-state index contributed by atoms with van der Waals surface area (Å²) in [6.45, 7) is 1.18. The molecule has 1 amide bonds. The maximum Gasteiger partial charge on any atom is 0.244 e. The fraction of sp³-hybridized carbons (Fsp3) is 0.333. The summed E-state index contributed by atoms with van der Waals surface area (Å²) in [5, 5.41) is 3.37. The standard InChI is InChI=1S/C18H21ClN4O3S/c1-22(13-18(24)21-15-6-4-14(19)5-7-15)17-9-8-16(12-20-17)27(25,26)23-10-2-3-11-23/h4-9,12H,2-3,10-11,13H2,1H3,(H,21,24). The van der Waals surface area contributed by atoms with Crippen LogP contribution in [-0.2, 0) is 14.8 Å². The summed E-state index contributed by atoms with van der Waals surface area (Å²) < 4.78 is 26.5. The largest absolute Gasteiger partial charge is 0.350 e. The second-order valence-corrected chi connectivity index (χ2v) is 8.75. The number of likely N-dealkylation sites (N-methyl/N-ethyl adjacent to an activating group) is 1. The number of hydrogen-bond acceptors (Lipinski definition) is 5. The fourth-order valence-corrected chi connectivity index (χ4v) is 4.45. The van der Waals surface area contributed by atoms with Crippen LogP contribution >= 0.6 is 11.6 Å². The first-order valence-electron chi connectivity index (χ1n) is 8.59. The lowest BCUT2D eigenvalue weighted by molar-refractivity contribution is -0.114. The van der Waals surface area contributed by atoms with Crippen LogP contribution in [0.3, 0.4) is 0 Å². The molecule has 0 atom stereocenters. The Balaban J connectivity index is 1.62. The molecule has 3 rings (SSSR count). The van der Waals surface area contributed by atoms with Crippen LogP contribution in [-0.4, -0.2) is 50.3 Å². The van der Waals surface area contributed by atoms with Gasteiger partial charge in [-0.05, 0) is 49.2 Å². The number of amides is 1. The Morgan fingerprint density at radius 1 is 1.19 bits per heavy atom. The van der Waals surface area contributed by atoms with Crippen LogP contribution < -0.4 is 10.2 Å². The lowest BCUT2D eigenvalue weighted by atomic mass is 10.3. The molecule has 9 heteroatoms.